The molecule has 1 amide bonds. The van der Waals surface area contributed by atoms with E-state index in [1.54, 1.807) is 0 Å². The van der Waals surface area contributed by atoms with Gasteiger partial charge in [0.15, 0.2) is 11.6 Å². The van der Waals surface area contributed by atoms with Crippen LogP contribution in [-0.4, -0.2) is 23.6 Å². The predicted molar refractivity (Wildman–Crippen MR) is 73.1 cm³/mol. The van der Waals surface area contributed by atoms with Gasteiger partial charge in [-0.2, -0.15) is 0 Å². The van der Waals surface area contributed by atoms with Crippen LogP contribution in [0.2, 0.25) is 0 Å². The third kappa shape index (κ3) is 1.89. The highest BCUT2D eigenvalue weighted by atomic mass is 79.9. The Morgan fingerprint density at radius 2 is 1.85 bits per heavy atom. The molecule has 1 fully saturated rings. The first kappa shape index (κ1) is 13.7. The maximum Gasteiger partial charge on any atom is 0.299 e. The van der Waals surface area contributed by atoms with E-state index in [1.165, 1.54) is 4.90 Å². The molecule has 3 rings (SSSR count). The Bertz CT molecular complexity index is 608. The molecule has 0 atom stereocenters. The second-order valence-corrected chi connectivity index (χ2v) is 6.05. The quantitative estimate of drug-likeness (QED) is 0.624. The van der Waals surface area contributed by atoms with Gasteiger partial charge in [-0.05, 0) is 24.3 Å². The standard InChI is InChI=1S/C14H12BrF2NO2/c15-6-14(2-1-3-14)7-18-11-5-10(17)9(16)4-8(11)12(19)13(18)20/h4-5H,1-3,6-7H2. The Morgan fingerprint density at radius 1 is 1.20 bits per heavy atom. The zero-order valence-electron chi connectivity index (χ0n) is 10.6. The van der Waals surface area contributed by atoms with Crippen LogP contribution in [0.3, 0.4) is 0 Å². The van der Waals surface area contributed by atoms with Crippen molar-refractivity contribution in [1.82, 2.24) is 0 Å². The number of carbonyl (C=O) groups excluding carboxylic acids is 2. The van der Waals surface area contributed by atoms with E-state index in [-0.39, 0.29) is 16.7 Å². The number of rotatable bonds is 3. The van der Waals surface area contributed by atoms with Crippen LogP contribution in [0.4, 0.5) is 14.5 Å². The Morgan fingerprint density at radius 3 is 2.40 bits per heavy atom. The Balaban J connectivity index is 2.00. The Hall–Kier alpha value is -1.30. The summed E-state index contributed by atoms with van der Waals surface area (Å²) in [7, 11) is 0. The molecule has 0 aromatic heterocycles. The van der Waals surface area contributed by atoms with Crippen LogP contribution < -0.4 is 4.90 Å². The number of carbonyl (C=O) groups is 2. The monoisotopic (exact) mass is 343 g/mol. The van der Waals surface area contributed by atoms with E-state index in [0.717, 1.165) is 36.7 Å². The van der Waals surface area contributed by atoms with Crippen LogP contribution in [-0.2, 0) is 4.79 Å². The zero-order chi connectivity index (χ0) is 14.5. The van der Waals surface area contributed by atoms with Gasteiger partial charge in [0.25, 0.3) is 11.7 Å². The molecule has 1 aliphatic heterocycles. The molecule has 0 N–H and O–H groups in total. The molecule has 0 radical (unpaired) electrons. The Labute approximate surface area is 123 Å². The van der Waals surface area contributed by atoms with Gasteiger partial charge in [-0.3, -0.25) is 9.59 Å². The van der Waals surface area contributed by atoms with E-state index >= 15 is 0 Å². The number of amides is 1. The first-order valence-corrected chi connectivity index (χ1v) is 7.51. The van der Waals surface area contributed by atoms with Crippen molar-refractivity contribution in [2.45, 2.75) is 19.3 Å². The lowest BCUT2D eigenvalue weighted by Crippen LogP contribution is -2.45. The summed E-state index contributed by atoms with van der Waals surface area (Å²) in [4.78, 5) is 25.2. The van der Waals surface area contributed by atoms with Crippen LogP contribution in [0.25, 0.3) is 0 Å². The van der Waals surface area contributed by atoms with Crippen LogP contribution in [0.1, 0.15) is 29.6 Å². The number of nitrogens with zero attached hydrogens (tertiary/aromatic N) is 1. The molecule has 1 aliphatic carbocycles. The van der Waals surface area contributed by atoms with Crippen molar-refractivity contribution in [2.75, 3.05) is 16.8 Å². The summed E-state index contributed by atoms with van der Waals surface area (Å²) < 4.78 is 26.6. The molecule has 0 unspecified atom stereocenters. The second kappa shape index (κ2) is 4.62. The van der Waals surface area contributed by atoms with Gasteiger partial charge in [0.1, 0.15) is 0 Å². The van der Waals surface area contributed by atoms with Crippen molar-refractivity contribution in [2.24, 2.45) is 5.41 Å². The van der Waals surface area contributed by atoms with Crippen LogP contribution in [0, 0.1) is 17.0 Å². The molecule has 0 saturated heterocycles. The molecule has 1 aromatic rings. The van der Waals surface area contributed by atoms with Crippen LogP contribution in [0.5, 0.6) is 0 Å². The number of hydrogen-bond acceptors (Lipinski definition) is 2. The lowest BCUT2D eigenvalue weighted by Gasteiger charge is -2.43. The smallest absolute Gasteiger partial charge is 0.299 e. The molecule has 3 nitrogen and oxygen atoms in total. The van der Waals surface area contributed by atoms with Gasteiger partial charge >= 0.3 is 0 Å². The molecule has 20 heavy (non-hydrogen) atoms. The summed E-state index contributed by atoms with van der Waals surface area (Å²) in [5, 5.41) is 0.719. The fourth-order valence-electron chi connectivity index (χ4n) is 2.79. The summed E-state index contributed by atoms with van der Waals surface area (Å²) in [6, 6.07) is 1.75. The average Bonchev–Trinajstić information content (AvgIpc) is 2.59. The highest BCUT2D eigenvalue weighted by molar-refractivity contribution is 9.09. The number of halogens is 3. The summed E-state index contributed by atoms with van der Waals surface area (Å²) in [5.41, 5.74) is 0.0756. The third-order valence-corrected chi connectivity index (χ3v) is 5.39. The molecule has 1 saturated carbocycles. The maximum absolute atomic E-state index is 13.4. The van der Waals surface area contributed by atoms with E-state index in [4.69, 9.17) is 0 Å². The van der Waals surface area contributed by atoms with Gasteiger partial charge in [-0.1, -0.05) is 22.4 Å². The van der Waals surface area contributed by atoms with E-state index in [1.807, 2.05) is 0 Å². The van der Waals surface area contributed by atoms with Gasteiger partial charge < -0.3 is 4.90 Å². The first-order valence-electron chi connectivity index (χ1n) is 6.39. The minimum Gasteiger partial charge on any atom is -0.304 e. The van der Waals surface area contributed by atoms with E-state index in [2.05, 4.69) is 15.9 Å². The van der Waals surface area contributed by atoms with Crippen molar-refractivity contribution < 1.29 is 18.4 Å². The van der Waals surface area contributed by atoms with E-state index < -0.39 is 23.3 Å². The molecular formula is C14H12BrF2NO2. The summed E-state index contributed by atoms with van der Waals surface area (Å²) in [5.74, 6) is -3.61. The number of alkyl halides is 1. The molecule has 0 spiro atoms. The van der Waals surface area contributed by atoms with Gasteiger partial charge in [0, 0.05) is 17.9 Å². The van der Waals surface area contributed by atoms with Crippen molar-refractivity contribution in [3.63, 3.8) is 0 Å². The lowest BCUT2D eigenvalue weighted by molar-refractivity contribution is -0.114. The lowest BCUT2D eigenvalue weighted by atomic mass is 9.70. The van der Waals surface area contributed by atoms with Crippen LogP contribution >= 0.6 is 15.9 Å². The zero-order valence-corrected chi connectivity index (χ0v) is 12.2. The first-order chi connectivity index (χ1) is 9.47. The molecule has 0 bridgehead atoms. The van der Waals surface area contributed by atoms with Gasteiger partial charge in [-0.15, -0.1) is 0 Å². The van der Waals surface area contributed by atoms with Gasteiger partial charge in [0.2, 0.25) is 0 Å². The molecule has 106 valence electrons. The topological polar surface area (TPSA) is 37.4 Å². The number of hydrogen-bond donors (Lipinski definition) is 0. The Kier molecular flexibility index (Phi) is 3.16. The number of benzene rings is 1. The number of anilines is 1. The van der Waals surface area contributed by atoms with Crippen molar-refractivity contribution in [1.29, 1.82) is 0 Å². The minimum atomic E-state index is -1.11. The minimum absolute atomic E-state index is 0.0436. The molecule has 1 heterocycles. The normalized spacial score (nSPS) is 20.1. The number of ketones is 1. The average molecular weight is 344 g/mol. The highest BCUT2D eigenvalue weighted by Crippen LogP contribution is 2.45. The number of Topliss-reactive ketones (excluding diaryl/α,β-unsaturated/α-hetero) is 1. The fraction of sp³-hybridized carbons (Fsp3) is 0.429. The second-order valence-electron chi connectivity index (χ2n) is 5.49. The highest BCUT2D eigenvalue weighted by Gasteiger charge is 2.44. The van der Waals surface area contributed by atoms with E-state index in [0.29, 0.717) is 6.54 Å². The summed E-state index contributed by atoms with van der Waals surface area (Å²) >= 11 is 3.43. The summed E-state index contributed by atoms with van der Waals surface area (Å²) in [6.07, 6.45) is 2.98. The fourth-order valence-corrected chi connectivity index (χ4v) is 3.53. The van der Waals surface area contributed by atoms with Crippen LogP contribution in [0.15, 0.2) is 12.1 Å². The SMILES string of the molecule is O=C1C(=O)N(CC2(CBr)CCC2)c2cc(F)c(F)cc21. The maximum atomic E-state index is 13.4. The van der Waals surface area contributed by atoms with Gasteiger partial charge in [0.05, 0.1) is 11.3 Å². The predicted octanol–water partition coefficient (Wildman–Crippen LogP) is 3.06. The van der Waals surface area contributed by atoms with Crippen molar-refractivity contribution in [3.8, 4) is 0 Å². The van der Waals surface area contributed by atoms with Gasteiger partial charge in [-0.25, -0.2) is 8.78 Å². The number of fused-ring (bicyclic) bond motifs is 1. The largest absolute Gasteiger partial charge is 0.304 e. The van der Waals surface area contributed by atoms with Crippen molar-refractivity contribution >= 4 is 33.3 Å². The molecule has 2 aliphatic rings. The molecule has 6 heteroatoms. The third-order valence-electron chi connectivity index (χ3n) is 4.20. The van der Waals surface area contributed by atoms with Crippen molar-refractivity contribution in [3.05, 3.63) is 29.3 Å². The molecule has 1 aromatic carbocycles. The molecular weight excluding hydrogens is 332 g/mol. The summed E-state index contributed by atoms with van der Waals surface area (Å²) in [6.45, 7) is 0.362. The van der Waals surface area contributed by atoms with E-state index in [9.17, 15) is 18.4 Å².